The molecular weight excluding hydrogens is 252 g/mol. The molecule has 0 heterocycles. The van der Waals surface area contributed by atoms with Crippen LogP contribution in [0.25, 0.3) is 0 Å². The maximum Gasteiger partial charge on any atom is 0.227 e. The smallest absolute Gasteiger partial charge is 0.227 e. The second-order valence-electron chi connectivity index (χ2n) is 5.18. The third-order valence-corrected chi connectivity index (χ3v) is 3.21. The monoisotopic (exact) mass is 278 g/mol. The standard InChI is InChI=1S/C16H26N2O2/c1-4-9-18(16(19)10-13(2)12-20-3)15-7-5-14(11-17)6-8-15/h5-8,13H,4,9-12,17H2,1-3H3. The quantitative estimate of drug-likeness (QED) is 0.795. The Labute approximate surface area is 121 Å². The van der Waals surface area contributed by atoms with Crippen molar-refractivity contribution in [3.63, 3.8) is 0 Å². The van der Waals surface area contributed by atoms with Gasteiger partial charge in [0.2, 0.25) is 5.91 Å². The van der Waals surface area contributed by atoms with E-state index in [1.54, 1.807) is 7.11 Å². The highest BCUT2D eigenvalue weighted by Gasteiger charge is 2.17. The number of nitrogens with zero attached hydrogens (tertiary/aromatic N) is 1. The third-order valence-electron chi connectivity index (χ3n) is 3.21. The van der Waals surface area contributed by atoms with Crippen LogP contribution in [0.1, 0.15) is 32.3 Å². The number of benzene rings is 1. The van der Waals surface area contributed by atoms with Gasteiger partial charge in [-0.05, 0) is 30.0 Å². The van der Waals surface area contributed by atoms with Crippen molar-refractivity contribution in [1.82, 2.24) is 0 Å². The Balaban J connectivity index is 2.78. The van der Waals surface area contributed by atoms with Crippen LogP contribution < -0.4 is 10.6 Å². The summed E-state index contributed by atoms with van der Waals surface area (Å²) in [5.74, 6) is 0.382. The van der Waals surface area contributed by atoms with E-state index in [0.29, 0.717) is 19.6 Å². The summed E-state index contributed by atoms with van der Waals surface area (Å²) in [5, 5.41) is 0. The minimum Gasteiger partial charge on any atom is -0.384 e. The summed E-state index contributed by atoms with van der Waals surface area (Å²) in [6.45, 7) is 5.97. The molecule has 0 fully saturated rings. The lowest BCUT2D eigenvalue weighted by molar-refractivity contribution is -0.119. The van der Waals surface area contributed by atoms with E-state index in [1.165, 1.54) is 0 Å². The summed E-state index contributed by atoms with van der Waals surface area (Å²) >= 11 is 0. The van der Waals surface area contributed by atoms with Gasteiger partial charge in [0.1, 0.15) is 0 Å². The number of hydrogen-bond acceptors (Lipinski definition) is 3. The maximum absolute atomic E-state index is 12.4. The van der Waals surface area contributed by atoms with Crippen molar-refractivity contribution in [2.24, 2.45) is 11.7 Å². The molecule has 1 aromatic carbocycles. The molecule has 1 amide bonds. The zero-order valence-corrected chi connectivity index (χ0v) is 12.8. The molecule has 2 N–H and O–H groups in total. The fourth-order valence-electron chi connectivity index (χ4n) is 2.19. The molecule has 0 aliphatic heterocycles. The largest absolute Gasteiger partial charge is 0.384 e. The molecule has 1 rings (SSSR count). The predicted octanol–water partition coefficient (Wildman–Crippen LogP) is 2.56. The van der Waals surface area contributed by atoms with Gasteiger partial charge in [-0.2, -0.15) is 0 Å². The van der Waals surface area contributed by atoms with E-state index in [4.69, 9.17) is 10.5 Å². The molecule has 0 saturated heterocycles. The minimum atomic E-state index is 0.150. The fraction of sp³-hybridized carbons (Fsp3) is 0.562. The zero-order valence-electron chi connectivity index (χ0n) is 12.8. The lowest BCUT2D eigenvalue weighted by Gasteiger charge is -2.24. The first-order chi connectivity index (χ1) is 9.62. The Bertz CT molecular complexity index is 403. The number of nitrogens with two attached hydrogens (primary N) is 1. The van der Waals surface area contributed by atoms with Crippen LogP contribution in [0, 0.1) is 5.92 Å². The Kier molecular flexibility index (Phi) is 7.26. The molecule has 112 valence electrons. The van der Waals surface area contributed by atoms with Crippen LogP contribution in [-0.4, -0.2) is 26.2 Å². The minimum absolute atomic E-state index is 0.150. The van der Waals surface area contributed by atoms with E-state index < -0.39 is 0 Å². The number of carbonyl (C=O) groups excluding carboxylic acids is 1. The molecule has 1 aromatic rings. The number of hydrogen-bond donors (Lipinski definition) is 1. The highest BCUT2D eigenvalue weighted by atomic mass is 16.5. The summed E-state index contributed by atoms with van der Waals surface area (Å²) < 4.78 is 5.10. The van der Waals surface area contributed by atoms with Crippen LogP contribution in [0.4, 0.5) is 5.69 Å². The maximum atomic E-state index is 12.4. The predicted molar refractivity (Wildman–Crippen MR) is 82.6 cm³/mol. The van der Waals surface area contributed by atoms with Gasteiger partial charge in [-0.25, -0.2) is 0 Å². The topological polar surface area (TPSA) is 55.6 Å². The molecule has 4 nitrogen and oxygen atoms in total. The summed E-state index contributed by atoms with van der Waals surface area (Å²) in [4.78, 5) is 14.3. The Morgan fingerprint density at radius 1 is 1.35 bits per heavy atom. The molecule has 1 unspecified atom stereocenters. The normalized spacial score (nSPS) is 12.2. The molecule has 0 aliphatic carbocycles. The average molecular weight is 278 g/mol. The van der Waals surface area contributed by atoms with Crippen molar-refractivity contribution < 1.29 is 9.53 Å². The van der Waals surface area contributed by atoms with Gasteiger partial charge in [0.25, 0.3) is 0 Å². The van der Waals surface area contributed by atoms with E-state index in [9.17, 15) is 4.79 Å². The second kappa shape index (κ2) is 8.72. The number of methoxy groups -OCH3 is 1. The molecule has 4 heteroatoms. The van der Waals surface area contributed by atoms with Gasteiger partial charge in [-0.1, -0.05) is 26.0 Å². The van der Waals surface area contributed by atoms with Crippen LogP contribution in [0.5, 0.6) is 0 Å². The van der Waals surface area contributed by atoms with Crippen LogP contribution >= 0.6 is 0 Å². The van der Waals surface area contributed by atoms with Crippen LogP contribution in [0.3, 0.4) is 0 Å². The Morgan fingerprint density at radius 3 is 2.50 bits per heavy atom. The number of ether oxygens (including phenoxy) is 1. The van der Waals surface area contributed by atoms with Gasteiger partial charge in [0.05, 0.1) is 0 Å². The SMILES string of the molecule is CCCN(C(=O)CC(C)COC)c1ccc(CN)cc1. The summed E-state index contributed by atoms with van der Waals surface area (Å²) in [7, 11) is 1.66. The number of carbonyl (C=O) groups is 1. The lowest BCUT2D eigenvalue weighted by atomic mass is 10.1. The molecule has 20 heavy (non-hydrogen) atoms. The molecule has 0 radical (unpaired) electrons. The highest BCUT2D eigenvalue weighted by molar-refractivity contribution is 5.93. The third kappa shape index (κ3) is 4.94. The molecule has 0 bridgehead atoms. The van der Waals surface area contributed by atoms with E-state index in [0.717, 1.165) is 24.2 Å². The van der Waals surface area contributed by atoms with Crippen molar-refractivity contribution in [2.75, 3.05) is 25.2 Å². The van der Waals surface area contributed by atoms with Gasteiger partial charge in [0, 0.05) is 38.9 Å². The van der Waals surface area contributed by atoms with Gasteiger partial charge >= 0.3 is 0 Å². The summed E-state index contributed by atoms with van der Waals surface area (Å²) in [5.41, 5.74) is 7.62. The molecular formula is C16H26N2O2. The van der Waals surface area contributed by atoms with Crippen molar-refractivity contribution in [3.8, 4) is 0 Å². The molecule has 1 atom stereocenters. The van der Waals surface area contributed by atoms with Gasteiger partial charge < -0.3 is 15.4 Å². The van der Waals surface area contributed by atoms with Crippen molar-refractivity contribution >= 4 is 11.6 Å². The number of rotatable bonds is 8. The average Bonchev–Trinajstić information content (AvgIpc) is 2.45. The number of amides is 1. The summed E-state index contributed by atoms with van der Waals surface area (Å²) in [6, 6.07) is 7.89. The summed E-state index contributed by atoms with van der Waals surface area (Å²) in [6.07, 6.45) is 1.44. The van der Waals surface area contributed by atoms with Crippen LogP contribution in [-0.2, 0) is 16.1 Å². The van der Waals surface area contributed by atoms with E-state index in [1.807, 2.05) is 36.1 Å². The molecule has 0 saturated carbocycles. The van der Waals surface area contributed by atoms with Gasteiger partial charge in [-0.3, -0.25) is 4.79 Å². The van der Waals surface area contributed by atoms with E-state index in [-0.39, 0.29) is 11.8 Å². The van der Waals surface area contributed by atoms with Crippen molar-refractivity contribution in [1.29, 1.82) is 0 Å². The molecule has 0 aliphatic rings. The molecule has 0 aromatic heterocycles. The Hall–Kier alpha value is -1.39. The Morgan fingerprint density at radius 2 is 2.00 bits per heavy atom. The fourth-order valence-corrected chi connectivity index (χ4v) is 2.19. The van der Waals surface area contributed by atoms with Crippen molar-refractivity contribution in [3.05, 3.63) is 29.8 Å². The van der Waals surface area contributed by atoms with Crippen LogP contribution in [0.15, 0.2) is 24.3 Å². The first-order valence-electron chi connectivity index (χ1n) is 7.20. The lowest BCUT2D eigenvalue weighted by Crippen LogP contribution is -2.33. The van der Waals surface area contributed by atoms with Gasteiger partial charge in [0.15, 0.2) is 0 Å². The van der Waals surface area contributed by atoms with E-state index >= 15 is 0 Å². The van der Waals surface area contributed by atoms with Gasteiger partial charge in [-0.15, -0.1) is 0 Å². The van der Waals surface area contributed by atoms with Crippen LogP contribution in [0.2, 0.25) is 0 Å². The highest BCUT2D eigenvalue weighted by Crippen LogP contribution is 2.18. The first-order valence-corrected chi connectivity index (χ1v) is 7.20. The number of anilines is 1. The second-order valence-corrected chi connectivity index (χ2v) is 5.18. The molecule has 0 spiro atoms. The van der Waals surface area contributed by atoms with E-state index in [2.05, 4.69) is 6.92 Å². The van der Waals surface area contributed by atoms with Crippen molar-refractivity contribution in [2.45, 2.75) is 33.2 Å². The zero-order chi connectivity index (χ0) is 15.0. The first kappa shape index (κ1) is 16.7.